The van der Waals surface area contributed by atoms with E-state index in [0.717, 1.165) is 23.4 Å². The number of rotatable bonds is 3. The maximum absolute atomic E-state index is 11.6. The number of benzene rings is 2. The van der Waals surface area contributed by atoms with Crippen LogP contribution in [0.4, 0.5) is 5.69 Å². The molecule has 0 unspecified atom stereocenters. The lowest BCUT2D eigenvalue weighted by atomic mass is 10.1. The molecule has 0 saturated carbocycles. The molecule has 0 atom stereocenters. The van der Waals surface area contributed by atoms with Gasteiger partial charge in [-0.3, -0.25) is 4.79 Å². The fourth-order valence-electron chi connectivity index (χ4n) is 2.21. The van der Waals surface area contributed by atoms with Crippen molar-refractivity contribution in [2.24, 2.45) is 0 Å². The molecular weight excluding hydrogens is 224 g/mol. The second-order valence-electron chi connectivity index (χ2n) is 4.35. The van der Waals surface area contributed by atoms with E-state index in [1.807, 2.05) is 36.4 Å². The van der Waals surface area contributed by atoms with Crippen molar-refractivity contribution in [3.8, 4) is 0 Å². The van der Waals surface area contributed by atoms with Crippen LogP contribution >= 0.6 is 0 Å². The van der Waals surface area contributed by atoms with Crippen molar-refractivity contribution in [1.29, 1.82) is 0 Å². The first kappa shape index (κ1) is 10.8. The number of anilines is 1. The molecule has 1 aliphatic rings. The Morgan fingerprint density at radius 2 is 1.89 bits per heavy atom. The number of amides is 1. The molecule has 1 heterocycles. The predicted molar refractivity (Wildman–Crippen MR) is 71.4 cm³/mol. The number of nitrogens with one attached hydrogen (secondary N) is 2. The lowest BCUT2D eigenvalue weighted by molar-refractivity contribution is 0.0966. The molecule has 3 nitrogen and oxygen atoms in total. The summed E-state index contributed by atoms with van der Waals surface area (Å²) in [6.45, 7) is 1.39. The van der Waals surface area contributed by atoms with Gasteiger partial charge in [0.2, 0.25) is 0 Å². The molecule has 0 aliphatic carbocycles. The van der Waals surface area contributed by atoms with E-state index >= 15 is 0 Å². The van der Waals surface area contributed by atoms with Gasteiger partial charge in [0, 0.05) is 29.9 Å². The Hall–Kier alpha value is -2.29. The Morgan fingerprint density at radius 3 is 2.72 bits per heavy atom. The number of fused-ring (bicyclic) bond motifs is 1. The van der Waals surface area contributed by atoms with Gasteiger partial charge >= 0.3 is 0 Å². The van der Waals surface area contributed by atoms with Crippen molar-refractivity contribution in [3.63, 3.8) is 0 Å². The first-order valence-electron chi connectivity index (χ1n) is 6.02. The molecule has 1 amide bonds. The summed E-state index contributed by atoms with van der Waals surface area (Å²) in [4.78, 5) is 11.6. The van der Waals surface area contributed by atoms with Gasteiger partial charge in [-0.2, -0.15) is 0 Å². The van der Waals surface area contributed by atoms with Crippen LogP contribution in [-0.4, -0.2) is 5.91 Å². The molecule has 0 aromatic heterocycles. The van der Waals surface area contributed by atoms with Crippen LogP contribution in [0.25, 0.3) is 0 Å². The summed E-state index contributed by atoms with van der Waals surface area (Å²) in [5.41, 5.74) is 4.12. The zero-order valence-corrected chi connectivity index (χ0v) is 9.94. The topological polar surface area (TPSA) is 41.1 Å². The van der Waals surface area contributed by atoms with Gasteiger partial charge in [0.15, 0.2) is 0 Å². The summed E-state index contributed by atoms with van der Waals surface area (Å²) < 4.78 is 0. The fraction of sp³-hybridized carbons (Fsp3) is 0.133. The summed E-state index contributed by atoms with van der Waals surface area (Å²) in [6, 6.07) is 16.0. The van der Waals surface area contributed by atoms with Crippen LogP contribution < -0.4 is 10.6 Å². The molecule has 0 radical (unpaired) electrons. The highest BCUT2D eigenvalue weighted by Gasteiger charge is 2.20. The van der Waals surface area contributed by atoms with E-state index in [-0.39, 0.29) is 5.91 Å². The van der Waals surface area contributed by atoms with Gasteiger partial charge in [-0.1, -0.05) is 36.4 Å². The van der Waals surface area contributed by atoms with E-state index < -0.39 is 0 Å². The Labute approximate surface area is 106 Å². The number of carbonyl (C=O) groups is 1. The number of hydrogen-bond donors (Lipinski definition) is 2. The summed E-state index contributed by atoms with van der Waals surface area (Å²) >= 11 is 0. The van der Waals surface area contributed by atoms with Crippen molar-refractivity contribution in [1.82, 2.24) is 5.32 Å². The molecule has 0 saturated heterocycles. The van der Waals surface area contributed by atoms with E-state index in [2.05, 4.69) is 22.8 Å². The van der Waals surface area contributed by atoms with Crippen LogP contribution in [0.1, 0.15) is 21.5 Å². The van der Waals surface area contributed by atoms with Gasteiger partial charge < -0.3 is 10.6 Å². The van der Waals surface area contributed by atoms with Crippen LogP contribution in [0, 0.1) is 0 Å². The normalized spacial score (nSPS) is 13.0. The predicted octanol–water partition coefficient (Wildman–Crippen LogP) is 2.54. The van der Waals surface area contributed by atoms with Crippen molar-refractivity contribution in [2.75, 3.05) is 5.32 Å². The molecule has 3 rings (SSSR count). The molecule has 0 bridgehead atoms. The van der Waals surface area contributed by atoms with Gasteiger partial charge in [0.25, 0.3) is 5.91 Å². The number of hydrogen-bond acceptors (Lipinski definition) is 2. The Morgan fingerprint density at radius 1 is 1.06 bits per heavy atom. The van der Waals surface area contributed by atoms with Crippen molar-refractivity contribution in [2.45, 2.75) is 13.1 Å². The monoisotopic (exact) mass is 238 g/mol. The molecule has 1 aliphatic heterocycles. The maximum atomic E-state index is 11.6. The SMILES string of the molecule is O=C1NCc2c(NCc3ccccc3)cccc21. The van der Waals surface area contributed by atoms with E-state index in [0.29, 0.717) is 6.54 Å². The Bertz CT molecular complexity index is 578. The second-order valence-corrected chi connectivity index (χ2v) is 4.35. The van der Waals surface area contributed by atoms with Gasteiger partial charge in [0.05, 0.1) is 0 Å². The van der Waals surface area contributed by atoms with Crippen molar-refractivity contribution < 1.29 is 4.79 Å². The molecule has 2 N–H and O–H groups in total. The van der Waals surface area contributed by atoms with E-state index in [4.69, 9.17) is 0 Å². The average Bonchev–Trinajstić information content (AvgIpc) is 2.80. The summed E-state index contributed by atoms with van der Waals surface area (Å²) in [5, 5.41) is 6.23. The third-order valence-electron chi connectivity index (χ3n) is 3.17. The largest absolute Gasteiger partial charge is 0.381 e. The van der Waals surface area contributed by atoms with Crippen LogP contribution in [0.2, 0.25) is 0 Å². The molecule has 3 heteroatoms. The first-order valence-corrected chi connectivity index (χ1v) is 6.02. The second kappa shape index (κ2) is 4.53. The highest BCUT2D eigenvalue weighted by molar-refractivity contribution is 5.99. The number of carbonyl (C=O) groups excluding carboxylic acids is 1. The average molecular weight is 238 g/mol. The molecule has 0 fully saturated rings. The van der Waals surface area contributed by atoms with Gasteiger partial charge in [-0.05, 0) is 17.7 Å². The Balaban J connectivity index is 1.80. The van der Waals surface area contributed by atoms with Crippen molar-refractivity contribution in [3.05, 3.63) is 65.2 Å². The molecule has 2 aromatic rings. The standard InChI is InChI=1S/C15H14N2O/c18-15-12-7-4-8-14(13(12)10-17-15)16-9-11-5-2-1-3-6-11/h1-8,16H,9-10H2,(H,17,18). The minimum absolute atomic E-state index is 0.0216. The highest BCUT2D eigenvalue weighted by atomic mass is 16.1. The van der Waals surface area contributed by atoms with E-state index in [1.54, 1.807) is 0 Å². The summed E-state index contributed by atoms with van der Waals surface area (Å²) in [5.74, 6) is 0.0216. The minimum Gasteiger partial charge on any atom is -0.381 e. The van der Waals surface area contributed by atoms with E-state index in [1.165, 1.54) is 5.56 Å². The first-order chi connectivity index (χ1) is 8.84. The van der Waals surface area contributed by atoms with Gasteiger partial charge in [-0.15, -0.1) is 0 Å². The fourth-order valence-corrected chi connectivity index (χ4v) is 2.21. The lowest BCUT2D eigenvalue weighted by Gasteiger charge is -2.10. The quantitative estimate of drug-likeness (QED) is 0.862. The van der Waals surface area contributed by atoms with Crippen LogP contribution in [0.5, 0.6) is 0 Å². The molecular formula is C15H14N2O. The summed E-state index contributed by atoms with van der Waals surface area (Å²) in [7, 11) is 0. The zero-order valence-electron chi connectivity index (χ0n) is 9.94. The maximum Gasteiger partial charge on any atom is 0.251 e. The third kappa shape index (κ3) is 1.95. The minimum atomic E-state index is 0.0216. The molecule has 0 spiro atoms. The smallest absolute Gasteiger partial charge is 0.251 e. The van der Waals surface area contributed by atoms with Crippen LogP contribution in [0.3, 0.4) is 0 Å². The zero-order chi connectivity index (χ0) is 12.4. The van der Waals surface area contributed by atoms with E-state index in [9.17, 15) is 4.79 Å². The van der Waals surface area contributed by atoms with Gasteiger partial charge in [0.1, 0.15) is 0 Å². The summed E-state index contributed by atoms with van der Waals surface area (Å²) in [6.07, 6.45) is 0. The lowest BCUT2D eigenvalue weighted by Crippen LogP contribution is -2.12. The van der Waals surface area contributed by atoms with Crippen molar-refractivity contribution >= 4 is 11.6 Å². The van der Waals surface area contributed by atoms with Crippen LogP contribution in [0.15, 0.2) is 48.5 Å². The molecule has 18 heavy (non-hydrogen) atoms. The third-order valence-corrected chi connectivity index (χ3v) is 3.17. The molecule has 90 valence electrons. The van der Waals surface area contributed by atoms with Gasteiger partial charge in [-0.25, -0.2) is 0 Å². The Kier molecular flexibility index (Phi) is 2.73. The molecule has 2 aromatic carbocycles. The van der Waals surface area contributed by atoms with Crippen LogP contribution in [-0.2, 0) is 13.1 Å². The highest BCUT2D eigenvalue weighted by Crippen LogP contribution is 2.24.